The van der Waals surface area contributed by atoms with Gasteiger partial charge in [-0.1, -0.05) is 6.92 Å². The van der Waals surface area contributed by atoms with Crippen LogP contribution in [-0.4, -0.2) is 23.1 Å². The molecule has 1 fully saturated rings. The number of nitrogens with one attached hydrogen (secondary N) is 1. The van der Waals surface area contributed by atoms with Gasteiger partial charge >= 0.3 is 0 Å². The van der Waals surface area contributed by atoms with Crippen molar-refractivity contribution in [3.8, 4) is 0 Å². The summed E-state index contributed by atoms with van der Waals surface area (Å²) in [5.74, 6) is 2.55. The molecule has 0 aliphatic carbocycles. The predicted octanol–water partition coefficient (Wildman–Crippen LogP) is 1.88. The summed E-state index contributed by atoms with van der Waals surface area (Å²) < 4.78 is 0. The van der Waals surface area contributed by atoms with E-state index in [-0.39, 0.29) is 0 Å². The summed E-state index contributed by atoms with van der Waals surface area (Å²) in [5, 5.41) is 3.62. The second kappa shape index (κ2) is 3.14. The van der Waals surface area contributed by atoms with Gasteiger partial charge in [0.05, 0.1) is 0 Å². The van der Waals surface area contributed by atoms with Gasteiger partial charge in [0.2, 0.25) is 0 Å². The first-order valence-corrected chi connectivity index (χ1v) is 5.15. The molecule has 0 radical (unpaired) electrons. The molecule has 1 unspecified atom stereocenters. The van der Waals surface area contributed by atoms with E-state index in [0.29, 0.717) is 5.54 Å². The van der Waals surface area contributed by atoms with Gasteiger partial charge in [0.1, 0.15) is 0 Å². The Balaban J connectivity index is 2.40. The molecule has 0 bridgehead atoms. The van der Waals surface area contributed by atoms with Crippen molar-refractivity contribution in [1.82, 2.24) is 5.32 Å². The predicted molar refractivity (Wildman–Crippen MR) is 48.6 cm³/mol. The zero-order valence-electron chi connectivity index (χ0n) is 7.11. The highest BCUT2D eigenvalue weighted by Crippen LogP contribution is 2.21. The lowest BCUT2D eigenvalue weighted by Gasteiger charge is -2.36. The Labute approximate surface area is 68.0 Å². The molecule has 0 aromatic heterocycles. The maximum Gasteiger partial charge on any atom is 0.0218 e. The Hall–Kier alpha value is 0.310. The van der Waals surface area contributed by atoms with E-state index in [0.717, 1.165) is 6.04 Å². The molecule has 0 aromatic rings. The van der Waals surface area contributed by atoms with Gasteiger partial charge in [0.15, 0.2) is 0 Å². The van der Waals surface area contributed by atoms with Crippen LogP contribution in [0.1, 0.15) is 27.2 Å². The van der Waals surface area contributed by atoms with E-state index in [2.05, 4.69) is 37.8 Å². The molecule has 0 saturated carbocycles. The van der Waals surface area contributed by atoms with Crippen molar-refractivity contribution in [2.24, 2.45) is 0 Å². The zero-order valence-corrected chi connectivity index (χ0v) is 7.92. The Morgan fingerprint density at radius 3 is 2.70 bits per heavy atom. The summed E-state index contributed by atoms with van der Waals surface area (Å²) >= 11 is 2.07. The molecule has 1 aliphatic heterocycles. The lowest BCUT2D eigenvalue weighted by molar-refractivity contribution is 0.364. The van der Waals surface area contributed by atoms with Gasteiger partial charge in [0.25, 0.3) is 0 Å². The van der Waals surface area contributed by atoms with Crippen LogP contribution in [0.5, 0.6) is 0 Å². The van der Waals surface area contributed by atoms with Gasteiger partial charge in [-0.25, -0.2) is 0 Å². The Bertz CT molecular complexity index is 112. The van der Waals surface area contributed by atoms with Gasteiger partial charge in [-0.15, -0.1) is 0 Å². The molecule has 2 heteroatoms. The van der Waals surface area contributed by atoms with Gasteiger partial charge < -0.3 is 5.32 Å². The van der Waals surface area contributed by atoms with Gasteiger partial charge in [-0.05, 0) is 20.3 Å². The lowest BCUT2D eigenvalue weighted by Crippen LogP contribution is -2.52. The monoisotopic (exact) mass is 159 g/mol. The first kappa shape index (κ1) is 8.41. The van der Waals surface area contributed by atoms with Crippen molar-refractivity contribution in [2.75, 3.05) is 11.5 Å². The highest BCUT2D eigenvalue weighted by molar-refractivity contribution is 7.99. The summed E-state index contributed by atoms with van der Waals surface area (Å²) in [6, 6.07) is 0.744. The highest BCUT2D eigenvalue weighted by atomic mass is 32.2. The third-order valence-corrected chi connectivity index (χ3v) is 3.43. The molecule has 1 heterocycles. The molecular weight excluding hydrogens is 142 g/mol. The van der Waals surface area contributed by atoms with Crippen LogP contribution in [0.4, 0.5) is 0 Å². The van der Waals surface area contributed by atoms with Crippen molar-refractivity contribution in [3.05, 3.63) is 0 Å². The lowest BCUT2D eigenvalue weighted by atomic mass is 10.1. The molecule has 1 atom stereocenters. The molecular formula is C8H17NS. The molecule has 1 nitrogen and oxygen atoms in total. The van der Waals surface area contributed by atoms with Crippen LogP contribution in [0, 0.1) is 0 Å². The SMILES string of the molecule is CCC1CSCC(C)(C)N1. The number of rotatable bonds is 1. The van der Waals surface area contributed by atoms with Crippen molar-refractivity contribution in [1.29, 1.82) is 0 Å². The van der Waals surface area contributed by atoms with Gasteiger partial charge in [0, 0.05) is 23.1 Å². The summed E-state index contributed by atoms with van der Waals surface area (Å²) in [6.45, 7) is 6.81. The van der Waals surface area contributed by atoms with E-state index in [9.17, 15) is 0 Å². The van der Waals surface area contributed by atoms with Crippen molar-refractivity contribution in [2.45, 2.75) is 38.8 Å². The van der Waals surface area contributed by atoms with Crippen LogP contribution in [-0.2, 0) is 0 Å². The molecule has 0 spiro atoms. The summed E-state index contributed by atoms with van der Waals surface area (Å²) in [4.78, 5) is 0. The molecule has 0 amide bonds. The second-order valence-corrected chi connectivity index (χ2v) is 4.68. The van der Waals surface area contributed by atoms with Crippen LogP contribution < -0.4 is 5.32 Å². The van der Waals surface area contributed by atoms with E-state index in [1.54, 1.807) is 0 Å². The molecule has 1 saturated heterocycles. The first-order valence-electron chi connectivity index (χ1n) is 3.99. The molecule has 1 rings (SSSR count). The summed E-state index contributed by atoms with van der Waals surface area (Å²) in [7, 11) is 0. The molecule has 1 N–H and O–H groups in total. The minimum absolute atomic E-state index is 0.365. The van der Waals surface area contributed by atoms with Crippen molar-refractivity contribution < 1.29 is 0 Å². The average molecular weight is 159 g/mol. The van der Waals surface area contributed by atoms with Gasteiger partial charge in [-0.2, -0.15) is 11.8 Å². The molecule has 60 valence electrons. The fourth-order valence-electron chi connectivity index (χ4n) is 1.31. The fraction of sp³-hybridized carbons (Fsp3) is 1.00. The van der Waals surface area contributed by atoms with Crippen molar-refractivity contribution in [3.63, 3.8) is 0 Å². The Morgan fingerprint density at radius 1 is 1.60 bits per heavy atom. The van der Waals surface area contributed by atoms with Crippen LogP contribution in [0.25, 0.3) is 0 Å². The third-order valence-electron chi connectivity index (χ3n) is 1.87. The van der Waals surface area contributed by atoms with Gasteiger partial charge in [-0.3, -0.25) is 0 Å². The Kier molecular flexibility index (Phi) is 2.64. The molecule has 1 aliphatic rings. The zero-order chi connectivity index (χ0) is 7.61. The minimum Gasteiger partial charge on any atom is -0.307 e. The topological polar surface area (TPSA) is 12.0 Å². The highest BCUT2D eigenvalue weighted by Gasteiger charge is 2.25. The number of hydrogen-bond acceptors (Lipinski definition) is 2. The smallest absolute Gasteiger partial charge is 0.0218 e. The van der Waals surface area contributed by atoms with Crippen molar-refractivity contribution >= 4 is 11.8 Å². The van der Waals surface area contributed by atoms with Crippen LogP contribution in [0.3, 0.4) is 0 Å². The number of hydrogen-bond donors (Lipinski definition) is 1. The maximum atomic E-state index is 3.62. The van der Waals surface area contributed by atoms with E-state index in [4.69, 9.17) is 0 Å². The van der Waals surface area contributed by atoms with Crippen LogP contribution in [0.2, 0.25) is 0 Å². The van der Waals surface area contributed by atoms with E-state index >= 15 is 0 Å². The molecule has 10 heavy (non-hydrogen) atoms. The van der Waals surface area contributed by atoms with Crippen LogP contribution >= 0.6 is 11.8 Å². The quantitative estimate of drug-likeness (QED) is 0.627. The largest absolute Gasteiger partial charge is 0.307 e. The first-order chi connectivity index (χ1) is 4.64. The van der Waals surface area contributed by atoms with E-state index in [1.807, 2.05) is 0 Å². The second-order valence-electron chi connectivity index (χ2n) is 3.65. The normalized spacial score (nSPS) is 32.1. The van der Waals surface area contributed by atoms with E-state index in [1.165, 1.54) is 17.9 Å². The van der Waals surface area contributed by atoms with Crippen LogP contribution in [0.15, 0.2) is 0 Å². The fourth-order valence-corrected chi connectivity index (χ4v) is 2.63. The minimum atomic E-state index is 0.365. The molecule has 0 aromatic carbocycles. The maximum absolute atomic E-state index is 3.62. The number of thioether (sulfide) groups is 1. The summed E-state index contributed by atoms with van der Waals surface area (Å²) in [5.41, 5.74) is 0.365. The Morgan fingerprint density at radius 2 is 2.30 bits per heavy atom. The van der Waals surface area contributed by atoms with E-state index < -0.39 is 0 Å². The summed E-state index contributed by atoms with van der Waals surface area (Å²) in [6.07, 6.45) is 1.26. The third kappa shape index (κ3) is 2.17. The standard InChI is InChI=1S/C8H17NS/c1-4-7-5-10-6-8(2,3)9-7/h7,9H,4-6H2,1-3H3. The average Bonchev–Trinajstić information content (AvgIpc) is 1.86.